The highest BCUT2D eigenvalue weighted by atomic mass is 32.2. The van der Waals surface area contributed by atoms with Crippen LogP contribution in [0.2, 0.25) is 0 Å². The van der Waals surface area contributed by atoms with Crippen LogP contribution in [0.1, 0.15) is 5.01 Å². The van der Waals surface area contributed by atoms with Gasteiger partial charge < -0.3 is 10.6 Å². The van der Waals surface area contributed by atoms with Gasteiger partial charge in [-0.15, -0.1) is 11.3 Å². The monoisotopic (exact) mass is 409 g/mol. The van der Waals surface area contributed by atoms with Crippen LogP contribution in [0, 0.1) is 6.92 Å². The molecule has 9 heteroatoms. The van der Waals surface area contributed by atoms with E-state index in [2.05, 4.69) is 15.6 Å². The third kappa shape index (κ3) is 5.73. The Morgan fingerprint density at radius 2 is 1.56 bits per heavy atom. The number of rotatable bonds is 4. The fraction of sp³-hybridized carbons (Fsp3) is 0.111. The lowest BCUT2D eigenvalue weighted by Crippen LogP contribution is -2.19. The standard InChI is InChI=1S/C18H14F3N3OS2/c1-11-22-16(10-26-11)12-2-4-13(5-3-12)23-17(25)24-14-6-8-15(9-7-14)27-18(19,20)21/h2-10H,1H3,(H2,23,24,25). The first-order valence-electron chi connectivity index (χ1n) is 7.75. The van der Waals surface area contributed by atoms with E-state index in [1.807, 2.05) is 24.4 Å². The molecule has 0 aliphatic heterocycles. The third-order valence-electron chi connectivity index (χ3n) is 3.40. The van der Waals surface area contributed by atoms with Crippen LogP contribution in [0.15, 0.2) is 58.8 Å². The number of nitrogens with zero attached hydrogens (tertiary/aromatic N) is 1. The Hall–Kier alpha value is -2.52. The first-order chi connectivity index (χ1) is 12.8. The maximum Gasteiger partial charge on any atom is 0.446 e. The van der Waals surface area contributed by atoms with Gasteiger partial charge in [-0.2, -0.15) is 13.2 Å². The summed E-state index contributed by atoms with van der Waals surface area (Å²) in [5.74, 6) is 0. The average Bonchev–Trinajstić information content (AvgIpc) is 3.02. The average molecular weight is 409 g/mol. The molecule has 2 amide bonds. The molecule has 2 aromatic carbocycles. The largest absolute Gasteiger partial charge is 0.446 e. The zero-order valence-corrected chi connectivity index (χ0v) is 15.6. The molecule has 0 atom stereocenters. The number of anilines is 2. The van der Waals surface area contributed by atoms with E-state index in [9.17, 15) is 18.0 Å². The molecule has 0 saturated heterocycles. The van der Waals surface area contributed by atoms with Crippen LogP contribution < -0.4 is 10.6 Å². The number of nitrogens with one attached hydrogen (secondary N) is 2. The van der Waals surface area contributed by atoms with Gasteiger partial charge in [0.25, 0.3) is 0 Å². The molecule has 0 spiro atoms. The summed E-state index contributed by atoms with van der Waals surface area (Å²) in [7, 11) is 0. The van der Waals surface area contributed by atoms with Crippen LogP contribution in [0.3, 0.4) is 0 Å². The normalized spacial score (nSPS) is 11.3. The number of hydrogen-bond donors (Lipinski definition) is 2. The summed E-state index contributed by atoms with van der Waals surface area (Å²) in [6.45, 7) is 1.93. The predicted molar refractivity (Wildman–Crippen MR) is 103 cm³/mol. The van der Waals surface area contributed by atoms with Crippen LogP contribution in [-0.4, -0.2) is 16.5 Å². The molecule has 1 heterocycles. The van der Waals surface area contributed by atoms with E-state index in [0.717, 1.165) is 16.3 Å². The maximum absolute atomic E-state index is 12.3. The number of carbonyl (C=O) groups excluding carboxylic acids is 1. The highest BCUT2D eigenvalue weighted by molar-refractivity contribution is 8.00. The van der Waals surface area contributed by atoms with E-state index in [1.54, 1.807) is 23.5 Å². The molecule has 4 nitrogen and oxygen atoms in total. The number of amides is 2. The smallest absolute Gasteiger partial charge is 0.308 e. The van der Waals surface area contributed by atoms with E-state index in [1.165, 1.54) is 24.3 Å². The third-order valence-corrected chi connectivity index (χ3v) is 4.92. The van der Waals surface area contributed by atoms with Crippen molar-refractivity contribution < 1.29 is 18.0 Å². The van der Waals surface area contributed by atoms with Gasteiger partial charge in [-0.25, -0.2) is 9.78 Å². The van der Waals surface area contributed by atoms with Crippen LogP contribution in [0.5, 0.6) is 0 Å². The number of aromatic nitrogens is 1. The lowest BCUT2D eigenvalue weighted by Gasteiger charge is -2.09. The summed E-state index contributed by atoms with van der Waals surface area (Å²) in [5, 5.41) is 8.19. The summed E-state index contributed by atoms with van der Waals surface area (Å²) in [6, 6.07) is 12.2. The number of halogens is 3. The van der Waals surface area contributed by atoms with Gasteiger partial charge in [0, 0.05) is 27.2 Å². The second-order valence-electron chi connectivity index (χ2n) is 5.48. The summed E-state index contributed by atoms with van der Waals surface area (Å²) in [5.41, 5.74) is -1.52. The first kappa shape index (κ1) is 19.2. The fourth-order valence-electron chi connectivity index (χ4n) is 2.25. The first-order valence-corrected chi connectivity index (χ1v) is 9.44. The van der Waals surface area contributed by atoms with Crippen LogP contribution >= 0.6 is 23.1 Å². The Bertz CT molecular complexity index is 922. The highest BCUT2D eigenvalue weighted by Crippen LogP contribution is 2.37. The summed E-state index contributed by atoms with van der Waals surface area (Å²) < 4.78 is 36.9. The summed E-state index contributed by atoms with van der Waals surface area (Å²) in [6.07, 6.45) is 0. The predicted octanol–water partition coefficient (Wildman–Crippen LogP) is 6.37. The van der Waals surface area contributed by atoms with Crippen molar-refractivity contribution in [2.24, 2.45) is 0 Å². The Morgan fingerprint density at radius 1 is 1.00 bits per heavy atom. The molecule has 140 valence electrons. The molecular formula is C18H14F3N3OS2. The SMILES string of the molecule is Cc1nc(-c2ccc(NC(=O)Nc3ccc(SC(F)(F)F)cc3)cc2)cs1. The van der Waals surface area contributed by atoms with Gasteiger partial charge in [0.1, 0.15) is 0 Å². The minimum atomic E-state index is -4.34. The summed E-state index contributed by atoms with van der Waals surface area (Å²) in [4.78, 5) is 16.5. The van der Waals surface area contributed by atoms with Gasteiger partial charge in [-0.05, 0) is 55.1 Å². The highest BCUT2D eigenvalue weighted by Gasteiger charge is 2.29. The van der Waals surface area contributed by atoms with Crippen molar-refractivity contribution in [1.29, 1.82) is 0 Å². The molecule has 3 aromatic rings. The topological polar surface area (TPSA) is 54.0 Å². The zero-order valence-electron chi connectivity index (χ0n) is 14.0. The van der Waals surface area contributed by atoms with E-state index in [0.29, 0.717) is 11.4 Å². The number of carbonyl (C=O) groups is 1. The number of hydrogen-bond acceptors (Lipinski definition) is 4. The Morgan fingerprint density at radius 3 is 2.04 bits per heavy atom. The lowest BCUT2D eigenvalue weighted by atomic mass is 10.1. The van der Waals surface area contributed by atoms with Crippen molar-refractivity contribution in [1.82, 2.24) is 4.98 Å². The second-order valence-corrected chi connectivity index (χ2v) is 7.68. The van der Waals surface area contributed by atoms with Crippen molar-refractivity contribution in [3.8, 4) is 11.3 Å². The molecule has 1 aromatic heterocycles. The van der Waals surface area contributed by atoms with Crippen molar-refractivity contribution in [2.75, 3.05) is 10.6 Å². The van der Waals surface area contributed by atoms with E-state index in [-0.39, 0.29) is 16.7 Å². The van der Waals surface area contributed by atoms with E-state index in [4.69, 9.17) is 0 Å². The van der Waals surface area contributed by atoms with Crippen LogP contribution in [-0.2, 0) is 0 Å². The molecule has 27 heavy (non-hydrogen) atoms. The van der Waals surface area contributed by atoms with E-state index >= 15 is 0 Å². The second kappa shape index (κ2) is 8.01. The Labute approximate surface area is 161 Å². The van der Waals surface area contributed by atoms with Crippen molar-refractivity contribution in [3.05, 3.63) is 58.9 Å². The minimum Gasteiger partial charge on any atom is -0.308 e. The number of urea groups is 1. The van der Waals surface area contributed by atoms with E-state index < -0.39 is 11.5 Å². The Balaban J connectivity index is 1.57. The number of thiazole rings is 1. The Kier molecular flexibility index (Phi) is 5.71. The van der Waals surface area contributed by atoms with Crippen molar-refractivity contribution in [3.63, 3.8) is 0 Å². The maximum atomic E-state index is 12.3. The van der Waals surface area contributed by atoms with Gasteiger partial charge >= 0.3 is 11.5 Å². The molecule has 0 fully saturated rings. The van der Waals surface area contributed by atoms with Gasteiger partial charge in [0.05, 0.1) is 10.7 Å². The summed E-state index contributed by atoms with van der Waals surface area (Å²) >= 11 is 1.36. The molecule has 0 aliphatic carbocycles. The molecule has 0 radical (unpaired) electrons. The van der Waals surface area contributed by atoms with Gasteiger partial charge in [-0.1, -0.05) is 12.1 Å². The van der Waals surface area contributed by atoms with Crippen LogP contribution in [0.4, 0.5) is 29.3 Å². The molecule has 0 unspecified atom stereocenters. The fourth-order valence-corrected chi connectivity index (χ4v) is 3.42. The molecule has 3 rings (SSSR count). The molecule has 0 bridgehead atoms. The minimum absolute atomic E-state index is 0.0568. The zero-order chi connectivity index (χ0) is 19.4. The molecule has 0 aliphatic rings. The molecule has 2 N–H and O–H groups in total. The van der Waals surface area contributed by atoms with Gasteiger partial charge in [0.15, 0.2) is 0 Å². The van der Waals surface area contributed by atoms with Crippen molar-refractivity contribution >= 4 is 40.5 Å². The number of alkyl halides is 3. The lowest BCUT2D eigenvalue weighted by molar-refractivity contribution is -0.0328. The number of benzene rings is 2. The number of thioether (sulfide) groups is 1. The number of aryl methyl sites for hydroxylation is 1. The molecule has 0 saturated carbocycles. The van der Waals surface area contributed by atoms with Gasteiger partial charge in [0.2, 0.25) is 0 Å². The molecular weight excluding hydrogens is 395 g/mol. The quantitative estimate of drug-likeness (QED) is 0.492. The van der Waals surface area contributed by atoms with Crippen LogP contribution in [0.25, 0.3) is 11.3 Å². The van der Waals surface area contributed by atoms with Crippen molar-refractivity contribution in [2.45, 2.75) is 17.3 Å². The van der Waals surface area contributed by atoms with Gasteiger partial charge in [-0.3, -0.25) is 0 Å².